The highest BCUT2D eigenvalue weighted by Gasteiger charge is 2.32. The van der Waals surface area contributed by atoms with Crippen LogP contribution in [0.25, 0.3) is 0 Å². The predicted molar refractivity (Wildman–Crippen MR) is 105 cm³/mol. The monoisotopic (exact) mass is 382 g/mol. The third kappa shape index (κ3) is 8.83. The Labute approximate surface area is 162 Å². The van der Waals surface area contributed by atoms with Crippen LogP contribution in [-0.2, 0) is 9.59 Å². The molecule has 0 spiro atoms. The summed E-state index contributed by atoms with van der Waals surface area (Å²) >= 11 is 0. The lowest BCUT2D eigenvalue weighted by Crippen LogP contribution is -2.19. The van der Waals surface area contributed by atoms with Gasteiger partial charge in [-0.25, -0.2) is 9.18 Å². The Morgan fingerprint density at radius 3 is 2.67 bits per heavy atom. The largest absolute Gasteiger partial charge is 0.479 e. The lowest BCUT2D eigenvalue weighted by Gasteiger charge is -2.16. The first-order chi connectivity index (χ1) is 12.9. The van der Waals surface area contributed by atoms with Crippen LogP contribution < -0.4 is 0 Å². The number of carboxylic acid groups (broad SMARTS) is 1. The van der Waals surface area contributed by atoms with Crippen molar-refractivity contribution >= 4 is 11.8 Å². The zero-order valence-electron chi connectivity index (χ0n) is 16.5. The highest BCUT2D eigenvalue weighted by atomic mass is 19.1. The van der Waals surface area contributed by atoms with Gasteiger partial charge in [-0.1, -0.05) is 57.8 Å². The Morgan fingerprint density at radius 1 is 1.30 bits per heavy atom. The Bertz CT molecular complexity index is 514. The van der Waals surface area contributed by atoms with Crippen LogP contribution in [0.15, 0.2) is 24.6 Å². The van der Waals surface area contributed by atoms with Gasteiger partial charge in [-0.05, 0) is 38.0 Å². The summed E-state index contributed by atoms with van der Waals surface area (Å²) in [7, 11) is 0. The van der Waals surface area contributed by atoms with Crippen molar-refractivity contribution in [3.8, 4) is 0 Å². The van der Waals surface area contributed by atoms with E-state index in [1.165, 1.54) is 0 Å². The van der Waals surface area contributed by atoms with E-state index in [2.05, 4.69) is 19.6 Å². The molecule has 154 valence electrons. The van der Waals surface area contributed by atoms with Gasteiger partial charge in [0.2, 0.25) is 0 Å². The van der Waals surface area contributed by atoms with E-state index in [1.54, 1.807) is 0 Å². The number of carbonyl (C=O) groups is 2. The Hall–Kier alpha value is -1.49. The lowest BCUT2D eigenvalue weighted by atomic mass is 9.88. The van der Waals surface area contributed by atoms with Crippen LogP contribution in [0.5, 0.6) is 0 Å². The van der Waals surface area contributed by atoms with Crippen molar-refractivity contribution in [3.63, 3.8) is 0 Å². The predicted octanol–water partition coefficient (Wildman–Crippen LogP) is 5.21. The first-order valence-electron chi connectivity index (χ1n) is 10.3. The molecule has 5 heteroatoms. The van der Waals surface area contributed by atoms with E-state index in [0.717, 1.165) is 44.9 Å². The molecule has 0 aliphatic heterocycles. The molecule has 0 bridgehead atoms. The average molecular weight is 383 g/mol. The van der Waals surface area contributed by atoms with E-state index in [-0.39, 0.29) is 30.0 Å². The summed E-state index contributed by atoms with van der Waals surface area (Å²) in [6, 6.07) is 0. The highest BCUT2D eigenvalue weighted by molar-refractivity contribution is 5.83. The summed E-state index contributed by atoms with van der Waals surface area (Å²) in [6.07, 6.45) is 11.1. The second-order valence-electron chi connectivity index (χ2n) is 7.72. The molecule has 0 heterocycles. The van der Waals surface area contributed by atoms with Gasteiger partial charge in [0.15, 0.2) is 6.10 Å². The first-order valence-corrected chi connectivity index (χ1v) is 10.3. The molecule has 1 aliphatic carbocycles. The number of aliphatic hydroxyl groups is 1. The second-order valence-corrected chi connectivity index (χ2v) is 7.72. The topological polar surface area (TPSA) is 74.6 Å². The zero-order chi connectivity index (χ0) is 20.2. The van der Waals surface area contributed by atoms with Gasteiger partial charge in [-0.2, -0.15) is 0 Å². The molecule has 0 amide bonds. The summed E-state index contributed by atoms with van der Waals surface area (Å²) in [5.41, 5.74) is 0. The minimum atomic E-state index is -1.29. The van der Waals surface area contributed by atoms with Crippen LogP contribution in [0.3, 0.4) is 0 Å². The molecule has 1 fully saturated rings. The number of carboxylic acids is 1. The van der Waals surface area contributed by atoms with Gasteiger partial charge in [0, 0.05) is 18.3 Å². The number of hydrogen-bond acceptors (Lipinski definition) is 3. The fraction of sp³-hybridized carbons (Fsp3) is 0.727. The quantitative estimate of drug-likeness (QED) is 0.319. The van der Waals surface area contributed by atoms with Crippen molar-refractivity contribution < 1.29 is 24.2 Å². The van der Waals surface area contributed by atoms with Gasteiger partial charge in [0.05, 0.1) is 5.83 Å². The number of halogens is 1. The molecule has 2 N–H and O–H groups in total. The maximum absolute atomic E-state index is 13.5. The molecule has 0 saturated heterocycles. The number of hydrogen-bond donors (Lipinski definition) is 2. The number of ketones is 1. The number of allylic oxidation sites excluding steroid dienone is 3. The molecule has 0 aromatic heterocycles. The van der Waals surface area contributed by atoms with Gasteiger partial charge < -0.3 is 10.2 Å². The van der Waals surface area contributed by atoms with Gasteiger partial charge in [-0.3, -0.25) is 4.79 Å². The van der Waals surface area contributed by atoms with Crippen LogP contribution in [-0.4, -0.2) is 28.1 Å². The van der Waals surface area contributed by atoms with E-state index in [4.69, 9.17) is 5.11 Å². The minimum absolute atomic E-state index is 0.0216. The van der Waals surface area contributed by atoms with Gasteiger partial charge in [0.25, 0.3) is 0 Å². The summed E-state index contributed by atoms with van der Waals surface area (Å²) in [5.74, 6) is -1.02. The standard InChI is InChI=1S/C22H35FO4/c1-3-4-9-17(16(2)23)10-8-11-18-14-15-20(24)19(18)12-6-5-7-13-21(25)22(26)27/h8,11,17-19,21,25H,2-7,9-10,12-15H2,1H3,(H,26,27)/t17-,18+,19-,21?/m1/s1. The van der Waals surface area contributed by atoms with E-state index in [0.29, 0.717) is 25.0 Å². The van der Waals surface area contributed by atoms with E-state index in [9.17, 15) is 19.1 Å². The summed E-state index contributed by atoms with van der Waals surface area (Å²) in [6.45, 7) is 5.55. The fourth-order valence-corrected chi connectivity index (χ4v) is 3.81. The Balaban J connectivity index is 2.40. The van der Waals surface area contributed by atoms with Gasteiger partial charge in [-0.15, -0.1) is 0 Å². The number of unbranched alkanes of at least 4 members (excludes halogenated alkanes) is 3. The number of carbonyl (C=O) groups excluding carboxylic acids is 1. The lowest BCUT2D eigenvalue weighted by molar-refractivity contribution is -0.147. The first kappa shape index (κ1) is 23.5. The van der Waals surface area contributed by atoms with Crippen LogP contribution in [0, 0.1) is 17.8 Å². The number of Topliss-reactive ketones (excluding diaryl/α,β-unsaturated/α-hetero) is 1. The molecule has 1 saturated carbocycles. The number of rotatable bonds is 14. The molecule has 1 unspecified atom stereocenters. The minimum Gasteiger partial charge on any atom is -0.479 e. The molecule has 4 nitrogen and oxygen atoms in total. The smallest absolute Gasteiger partial charge is 0.332 e. The van der Waals surface area contributed by atoms with Crippen LogP contribution in [0.2, 0.25) is 0 Å². The van der Waals surface area contributed by atoms with Crippen molar-refractivity contribution in [3.05, 3.63) is 24.6 Å². The highest BCUT2D eigenvalue weighted by Crippen LogP contribution is 2.34. The molecule has 1 rings (SSSR count). The van der Waals surface area contributed by atoms with E-state index in [1.807, 2.05) is 6.08 Å². The molecule has 0 aromatic rings. The second kappa shape index (κ2) is 12.8. The van der Waals surface area contributed by atoms with Crippen LogP contribution >= 0.6 is 0 Å². The Morgan fingerprint density at radius 2 is 2.04 bits per heavy atom. The SMILES string of the molecule is C=C(F)[C@@H](CC=C[C@H]1CCC(=O)[C@@H]1CCCCCC(O)C(=O)O)CCCC. The molecule has 4 atom stereocenters. The van der Waals surface area contributed by atoms with Crippen molar-refractivity contribution in [1.82, 2.24) is 0 Å². The molecule has 27 heavy (non-hydrogen) atoms. The number of aliphatic hydroxyl groups excluding tert-OH is 1. The zero-order valence-corrected chi connectivity index (χ0v) is 16.5. The molecular weight excluding hydrogens is 347 g/mol. The van der Waals surface area contributed by atoms with Crippen LogP contribution in [0.4, 0.5) is 4.39 Å². The van der Waals surface area contributed by atoms with Crippen molar-refractivity contribution in [2.45, 2.75) is 83.7 Å². The average Bonchev–Trinajstić information content (AvgIpc) is 2.97. The van der Waals surface area contributed by atoms with Crippen LogP contribution in [0.1, 0.15) is 77.6 Å². The van der Waals surface area contributed by atoms with Gasteiger partial charge in [0.1, 0.15) is 5.78 Å². The molecule has 0 aromatic carbocycles. The maximum Gasteiger partial charge on any atom is 0.332 e. The van der Waals surface area contributed by atoms with Gasteiger partial charge >= 0.3 is 5.97 Å². The number of aliphatic carboxylic acids is 1. The molecular formula is C22H35FO4. The van der Waals surface area contributed by atoms with E-state index >= 15 is 0 Å². The third-order valence-electron chi connectivity index (χ3n) is 5.59. The van der Waals surface area contributed by atoms with E-state index < -0.39 is 12.1 Å². The maximum atomic E-state index is 13.5. The Kier molecular flexibility index (Phi) is 11.2. The molecule has 1 aliphatic rings. The third-order valence-corrected chi connectivity index (χ3v) is 5.59. The van der Waals surface area contributed by atoms with Crippen molar-refractivity contribution in [2.75, 3.05) is 0 Å². The normalized spacial score (nSPS) is 22.3. The summed E-state index contributed by atoms with van der Waals surface area (Å²) in [4.78, 5) is 22.7. The molecule has 0 radical (unpaired) electrons. The fourth-order valence-electron chi connectivity index (χ4n) is 3.81. The van der Waals surface area contributed by atoms with Crippen molar-refractivity contribution in [1.29, 1.82) is 0 Å². The summed E-state index contributed by atoms with van der Waals surface area (Å²) < 4.78 is 13.5. The summed E-state index contributed by atoms with van der Waals surface area (Å²) in [5, 5.41) is 17.9. The van der Waals surface area contributed by atoms with Crippen molar-refractivity contribution in [2.24, 2.45) is 17.8 Å².